The van der Waals surface area contributed by atoms with Gasteiger partial charge in [0.05, 0.1) is 0 Å². The third-order valence-corrected chi connectivity index (χ3v) is 1.08. The normalized spacial score (nSPS) is 13.5. The van der Waals surface area contributed by atoms with Crippen LogP contribution in [0.1, 0.15) is 41.0 Å². The lowest BCUT2D eigenvalue weighted by atomic mass is 10.1. The van der Waals surface area contributed by atoms with Crippen molar-refractivity contribution in [2.24, 2.45) is 0 Å². The maximum absolute atomic E-state index is 3.38. The van der Waals surface area contributed by atoms with Crippen LogP contribution in [0.5, 0.6) is 0 Å². The largest absolute Gasteiger partial charge is 0.384 e. The van der Waals surface area contributed by atoms with Gasteiger partial charge in [-0.15, -0.1) is 0 Å². The number of hydrogen-bond acceptors (Lipinski definition) is 1. The molecule has 0 amide bonds. The van der Waals surface area contributed by atoms with Gasteiger partial charge in [-0.25, -0.2) is 0 Å². The molecule has 60 valence electrons. The average Bonchev–Trinajstić information content (AvgIpc) is 1.59. The van der Waals surface area contributed by atoms with Crippen molar-refractivity contribution in [2.45, 2.75) is 46.6 Å². The van der Waals surface area contributed by atoms with Crippen LogP contribution in [-0.2, 0) is 0 Å². The van der Waals surface area contributed by atoms with Gasteiger partial charge in [-0.2, -0.15) is 0 Å². The average molecular weight is 141 g/mol. The topological polar surface area (TPSA) is 12.0 Å². The lowest BCUT2D eigenvalue weighted by molar-refractivity contribution is 0.472. The fraction of sp³-hybridized carbons (Fsp3) is 0.778. The van der Waals surface area contributed by atoms with Gasteiger partial charge >= 0.3 is 0 Å². The van der Waals surface area contributed by atoms with Gasteiger partial charge < -0.3 is 5.32 Å². The molecular formula is C9H19N. The highest BCUT2D eigenvalue weighted by atomic mass is 14.9. The molecule has 1 nitrogen and oxygen atoms in total. The Hall–Kier alpha value is -0.460. The van der Waals surface area contributed by atoms with Crippen molar-refractivity contribution in [1.82, 2.24) is 5.32 Å². The third kappa shape index (κ3) is 5.67. The van der Waals surface area contributed by atoms with Crippen molar-refractivity contribution < 1.29 is 0 Å². The van der Waals surface area contributed by atoms with Gasteiger partial charge in [-0.05, 0) is 34.1 Å². The lowest BCUT2D eigenvalue weighted by Crippen LogP contribution is -2.34. The van der Waals surface area contributed by atoms with Gasteiger partial charge in [0.1, 0.15) is 0 Å². The molecule has 10 heavy (non-hydrogen) atoms. The second kappa shape index (κ2) is 3.65. The van der Waals surface area contributed by atoms with E-state index in [4.69, 9.17) is 0 Å². The fourth-order valence-corrected chi connectivity index (χ4v) is 0.949. The molecule has 0 unspecified atom stereocenters. The first kappa shape index (κ1) is 9.54. The van der Waals surface area contributed by atoms with Crippen LogP contribution in [0.3, 0.4) is 0 Å². The van der Waals surface area contributed by atoms with Gasteiger partial charge in [-0.3, -0.25) is 0 Å². The molecule has 0 saturated heterocycles. The Balaban J connectivity index is 3.79. The van der Waals surface area contributed by atoms with Crippen molar-refractivity contribution in [1.29, 1.82) is 0 Å². The molecule has 0 aliphatic rings. The molecule has 0 fully saturated rings. The number of rotatable bonds is 2. The van der Waals surface area contributed by atoms with E-state index in [1.807, 2.05) is 0 Å². The molecule has 0 heterocycles. The number of hydrogen-bond donors (Lipinski definition) is 1. The van der Waals surface area contributed by atoms with E-state index in [1.54, 1.807) is 0 Å². The Morgan fingerprint density at radius 2 is 1.90 bits per heavy atom. The monoisotopic (exact) mass is 141 g/mol. The van der Waals surface area contributed by atoms with Crippen molar-refractivity contribution >= 4 is 0 Å². The lowest BCUT2D eigenvalue weighted by Gasteiger charge is -2.22. The minimum Gasteiger partial charge on any atom is -0.384 e. The predicted octanol–water partition coefficient (Wildman–Crippen LogP) is 2.69. The van der Waals surface area contributed by atoms with Gasteiger partial charge in [0.15, 0.2) is 0 Å². The first-order valence-corrected chi connectivity index (χ1v) is 3.90. The van der Waals surface area contributed by atoms with Crippen LogP contribution in [0.25, 0.3) is 0 Å². The molecule has 1 heteroatoms. The highest BCUT2D eigenvalue weighted by molar-refractivity contribution is 4.98. The fourth-order valence-electron chi connectivity index (χ4n) is 0.949. The van der Waals surface area contributed by atoms with Crippen LogP contribution in [0, 0.1) is 0 Å². The van der Waals surface area contributed by atoms with Gasteiger partial charge in [0.2, 0.25) is 0 Å². The van der Waals surface area contributed by atoms with E-state index < -0.39 is 0 Å². The first-order valence-electron chi connectivity index (χ1n) is 3.90. The smallest absolute Gasteiger partial charge is 0.0286 e. The van der Waals surface area contributed by atoms with Crippen molar-refractivity contribution in [3.63, 3.8) is 0 Å². The Morgan fingerprint density at radius 3 is 2.20 bits per heavy atom. The minimum absolute atomic E-state index is 0.204. The molecule has 0 radical (unpaired) electrons. The quantitative estimate of drug-likeness (QED) is 0.623. The highest BCUT2D eigenvalue weighted by Gasteiger charge is 2.07. The Bertz CT molecular complexity index is 117. The summed E-state index contributed by atoms with van der Waals surface area (Å²) >= 11 is 0. The molecule has 0 atom stereocenters. The molecule has 0 rings (SSSR count). The first-order chi connectivity index (χ1) is 4.45. The van der Waals surface area contributed by atoms with Crippen molar-refractivity contribution in [2.75, 3.05) is 0 Å². The summed E-state index contributed by atoms with van der Waals surface area (Å²) in [7, 11) is 0. The zero-order valence-corrected chi connectivity index (χ0v) is 7.78. The molecule has 0 bridgehead atoms. The van der Waals surface area contributed by atoms with Crippen LogP contribution in [0.2, 0.25) is 0 Å². The zero-order chi connectivity index (χ0) is 8.20. The van der Waals surface area contributed by atoms with Crippen LogP contribution >= 0.6 is 0 Å². The molecule has 0 aliphatic heterocycles. The third-order valence-electron chi connectivity index (χ3n) is 1.08. The summed E-state index contributed by atoms with van der Waals surface area (Å²) in [4.78, 5) is 0. The zero-order valence-electron chi connectivity index (χ0n) is 7.78. The van der Waals surface area contributed by atoms with Crippen LogP contribution in [0.4, 0.5) is 0 Å². The molecular weight excluding hydrogens is 122 g/mol. The summed E-state index contributed by atoms with van der Waals surface area (Å²) in [5.41, 5.74) is 1.48. The predicted molar refractivity (Wildman–Crippen MR) is 46.9 cm³/mol. The van der Waals surface area contributed by atoms with Crippen LogP contribution in [0.15, 0.2) is 11.8 Å². The summed E-state index contributed by atoms with van der Waals surface area (Å²) in [5, 5.41) is 3.38. The molecule has 0 saturated carbocycles. The maximum Gasteiger partial charge on any atom is 0.0286 e. The second-order valence-corrected chi connectivity index (χ2v) is 3.67. The van der Waals surface area contributed by atoms with E-state index in [9.17, 15) is 0 Å². The molecule has 0 aromatic rings. The van der Waals surface area contributed by atoms with Crippen LogP contribution < -0.4 is 5.32 Å². The van der Waals surface area contributed by atoms with E-state index in [0.29, 0.717) is 0 Å². The summed E-state index contributed by atoms with van der Waals surface area (Å²) in [5.74, 6) is 0. The van der Waals surface area contributed by atoms with E-state index in [2.05, 4.69) is 46.0 Å². The number of allylic oxidation sites excluding steroid dienone is 2. The van der Waals surface area contributed by atoms with E-state index in [1.165, 1.54) is 5.70 Å². The van der Waals surface area contributed by atoms with Crippen molar-refractivity contribution in [3.05, 3.63) is 11.8 Å². The van der Waals surface area contributed by atoms with Crippen molar-refractivity contribution in [3.8, 4) is 0 Å². The molecule has 0 aromatic carbocycles. The van der Waals surface area contributed by atoms with Gasteiger partial charge in [-0.1, -0.05) is 13.0 Å². The SMILES string of the molecule is CCC=C(C)NC(C)(C)C. The minimum atomic E-state index is 0.204. The highest BCUT2D eigenvalue weighted by Crippen LogP contribution is 2.03. The van der Waals surface area contributed by atoms with E-state index in [0.717, 1.165) is 6.42 Å². The number of nitrogens with one attached hydrogen (secondary N) is 1. The van der Waals surface area contributed by atoms with E-state index >= 15 is 0 Å². The van der Waals surface area contributed by atoms with Crippen LogP contribution in [-0.4, -0.2) is 5.54 Å². The summed E-state index contributed by atoms with van der Waals surface area (Å²) in [6.07, 6.45) is 3.31. The summed E-state index contributed by atoms with van der Waals surface area (Å²) in [6, 6.07) is 0. The van der Waals surface area contributed by atoms with Gasteiger partial charge in [0.25, 0.3) is 0 Å². The standard InChI is InChI=1S/C9H19N/c1-6-7-8(2)10-9(3,4)5/h7,10H,6H2,1-5H3. The van der Waals surface area contributed by atoms with Gasteiger partial charge in [0, 0.05) is 11.2 Å². The molecule has 0 aromatic heterocycles. The Kier molecular flexibility index (Phi) is 3.48. The second-order valence-electron chi connectivity index (χ2n) is 3.67. The molecule has 1 N–H and O–H groups in total. The van der Waals surface area contributed by atoms with E-state index in [-0.39, 0.29) is 5.54 Å². The summed E-state index contributed by atoms with van der Waals surface area (Å²) < 4.78 is 0. The maximum atomic E-state index is 3.38. The Labute approximate surface area is 64.5 Å². The molecule has 0 aliphatic carbocycles. The Morgan fingerprint density at radius 1 is 1.40 bits per heavy atom. The summed E-state index contributed by atoms with van der Waals surface area (Å²) in [6.45, 7) is 10.8. The molecule has 0 spiro atoms.